The Morgan fingerprint density at radius 2 is 1.88 bits per heavy atom. The van der Waals surface area contributed by atoms with E-state index in [4.69, 9.17) is 5.73 Å². The third-order valence-electron chi connectivity index (χ3n) is 2.28. The van der Waals surface area contributed by atoms with Gasteiger partial charge in [-0.1, -0.05) is 24.3 Å². The van der Waals surface area contributed by atoms with E-state index in [0.29, 0.717) is 12.1 Å². The lowest BCUT2D eigenvalue weighted by Gasteiger charge is -2.06. The van der Waals surface area contributed by atoms with Crippen molar-refractivity contribution in [3.05, 3.63) is 41.5 Å². The Hall–Kier alpha value is -1.98. The van der Waals surface area contributed by atoms with Crippen LogP contribution in [0.25, 0.3) is 5.57 Å². The van der Waals surface area contributed by atoms with Crippen LogP contribution in [0.15, 0.2) is 30.3 Å². The molecule has 2 rings (SSSR count). The molecule has 0 radical (unpaired) electrons. The predicted molar refractivity (Wildman–Crippen MR) is 60.5 cm³/mol. The fourth-order valence-electron chi connectivity index (χ4n) is 1.57. The summed E-state index contributed by atoms with van der Waals surface area (Å²) in [6.45, 7) is 0.342. The normalized spacial score (nSPS) is 14.2. The van der Waals surface area contributed by atoms with Crippen LogP contribution in [0, 0.1) is 0 Å². The van der Waals surface area contributed by atoms with Crippen molar-refractivity contribution in [1.29, 1.82) is 0 Å². The molecule has 5 nitrogen and oxygen atoms in total. The van der Waals surface area contributed by atoms with Gasteiger partial charge in [0.2, 0.25) is 0 Å². The molecule has 1 heterocycles. The predicted octanol–water partition coefficient (Wildman–Crippen LogP) is 0.347. The van der Waals surface area contributed by atoms with Crippen LogP contribution in [0.2, 0.25) is 0 Å². The number of rotatable bonds is 2. The van der Waals surface area contributed by atoms with Gasteiger partial charge in [0.05, 0.1) is 5.57 Å². The van der Waals surface area contributed by atoms with Crippen molar-refractivity contribution in [2.24, 2.45) is 5.73 Å². The molecule has 0 bridgehead atoms. The van der Waals surface area contributed by atoms with Crippen LogP contribution in [-0.2, 0) is 16.1 Å². The standard InChI is InChI=1S/C11H10N2O2.H3N/c12-6-7-3-1-2-4-8(7)9-5-10(14)13-11(9)15;/h1-5H,6,12H2,(H,13,14,15);1H3. The average Bonchev–Trinajstić information content (AvgIpc) is 2.57. The number of nitrogens with two attached hydrogens (primary N) is 1. The molecule has 0 fully saturated rings. The first kappa shape index (κ1) is 12.1. The minimum absolute atomic E-state index is 0. The lowest BCUT2D eigenvalue weighted by atomic mass is 10.00. The van der Waals surface area contributed by atoms with Crippen LogP contribution >= 0.6 is 0 Å². The number of imide groups is 1. The molecule has 1 aromatic rings. The number of nitrogens with one attached hydrogen (secondary N) is 1. The van der Waals surface area contributed by atoms with Gasteiger partial charge in [-0.15, -0.1) is 0 Å². The second kappa shape index (κ2) is 4.69. The Morgan fingerprint density at radius 3 is 2.44 bits per heavy atom. The molecule has 1 aromatic carbocycles. The number of amides is 2. The van der Waals surface area contributed by atoms with E-state index < -0.39 is 0 Å². The van der Waals surface area contributed by atoms with Gasteiger partial charge in [0.15, 0.2) is 0 Å². The van der Waals surface area contributed by atoms with Crippen LogP contribution in [-0.4, -0.2) is 11.8 Å². The van der Waals surface area contributed by atoms with Gasteiger partial charge in [0.25, 0.3) is 11.8 Å². The van der Waals surface area contributed by atoms with Gasteiger partial charge in [-0.2, -0.15) is 0 Å². The van der Waals surface area contributed by atoms with E-state index in [1.54, 1.807) is 6.07 Å². The lowest BCUT2D eigenvalue weighted by molar-refractivity contribution is -0.123. The molecule has 0 unspecified atom stereocenters. The second-order valence-corrected chi connectivity index (χ2v) is 3.24. The summed E-state index contributed by atoms with van der Waals surface area (Å²) in [7, 11) is 0. The molecule has 0 saturated carbocycles. The first-order chi connectivity index (χ1) is 7.22. The molecule has 0 saturated heterocycles. The summed E-state index contributed by atoms with van der Waals surface area (Å²) in [5.41, 5.74) is 7.52. The first-order valence-electron chi connectivity index (χ1n) is 4.57. The number of hydrogen-bond acceptors (Lipinski definition) is 4. The van der Waals surface area contributed by atoms with Crippen molar-refractivity contribution >= 4 is 17.4 Å². The summed E-state index contributed by atoms with van der Waals surface area (Å²) in [5.74, 6) is -0.734. The van der Waals surface area contributed by atoms with Gasteiger partial charge in [0.1, 0.15) is 0 Å². The van der Waals surface area contributed by atoms with E-state index in [-0.39, 0.29) is 18.0 Å². The summed E-state index contributed by atoms with van der Waals surface area (Å²) in [6.07, 6.45) is 1.30. The Kier molecular flexibility index (Phi) is 3.55. The van der Waals surface area contributed by atoms with Crippen molar-refractivity contribution in [3.8, 4) is 0 Å². The highest BCUT2D eigenvalue weighted by atomic mass is 16.2. The molecule has 6 N–H and O–H groups in total. The van der Waals surface area contributed by atoms with Crippen LogP contribution < -0.4 is 17.2 Å². The van der Waals surface area contributed by atoms with Crippen LogP contribution in [0.1, 0.15) is 11.1 Å². The van der Waals surface area contributed by atoms with Gasteiger partial charge < -0.3 is 11.9 Å². The van der Waals surface area contributed by atoms with E-state index in [1.165, 1.54) is 6.08 Å². The minimum Gasteiger partial charge on any atom is -0.344 e. The number of benzene rings is 1. The van der Waals surface area contributed by atoms with Gasteiger partial charge in [-0.3, -0.25) is 14.9 Å². The Balaban J connectivity index is 0.00000128. The molecule has 5 heteroatoms. The van der Waals surface area contributed by atoms with Crippen molar-refractivity contribution in [3.63, 3.8) is 0 Å². The van der Waals surface area contributed by atoms with Gasteiger partial charge >= 0.3 is 0 Å². The summed E-state index contributed by atoms with van der Waals surface area (Å²) in [4.78, 5) is 22.4. The molecular formula is C11H13N3O2. The number of hydrogen-bond donors (Lipinski definition) is 3. The zero-order valence-corrected chi connectivity index (χ0v) is 8.69. The molecule has 84 valence electrons. The van der Waals surface area contributed by atoms with E-state index in [9.17, 15) is 9.59 Å². The van der Waals surface area contributed by atoms with E-state index >= 15 is 0 Å². The summed E-state index contributed by atoms with van der Waals surface area (Å²) >= 11 is 0. The number of carbonyl (C=O) groups is 2. The highest BCUT2D eigenvalue weighted by molar-refractivity contribution is 6.33. The SMILES string of the molecule is N.NCc1ccccc1C1=CC(=O)NC1=O. The topological polar surface area (TPSA) is 107 Å². The lowest BCUT2D eigenvalue weighted by Crippen LogP contribution is -2.22. The van der Waals surface area contributed by atoms with Crippen LogP contribution in [0.4, 0.5) is 0 Å². The molecule has 0 atom stereocenters. The third kappa shape index (κ3) is 2.00. The Labute approximate surface area is 92.9 Å². The number of carbonyl (C=O) groups excluding carboxylic acids is 2. The third-order valence-corrected chi connectivity index (χ3v) is 2.28. The van der Waals surface area contributed by atoms with E-state index in [1.807, 2.05) is 18.2 Å². The van der Waals surface area contributed by atoms with Gasteiger partial charge in [0, 0.05) is 12.6 Å². The van der Waals surface area contributed by atoms with Crippen molar-refractivity contribution < 1.29 is 9.59 Å². The quantitative estimate of drug-likeness (QED) is 0.623. The highest BCUT2D eigenvalue weighted by Crippen LogP contribution is 2.21. The molecule has 16 heavy (non-hydrogen) atoms. The van der Waals surface area contributed by atoms with Crippen molar-refractivity contribution in [2.45, 2.75) is 6.54 Å². The van der Waals surface area contributed by atoms with E-state index in [2.05, 4.69) is 5.32 Å². The largest absolute Gasteiger partial charge is 0.344 e. The molecule has 0 spiro atoms. The molecule has 0 aliphatic carbocycles. The zero-order chi connectivity index (χ0) is 10.8. The smallest absolute Gasteiger partial charge is 0.258 e. The van der Waals surface area contributed by atoms with Crippen LogP contribution in [0.5, 0.6) is 0 Å². The molecule has 2 amide bonds. The maximum Gasteiger partial charge on any atom is 0.258 e. The average molecular weight is 219 g/mol. The molecular weight excluding hydrogens is 206 g/mol. The maximum absolute atomic E-state index is 11.4. The summed E-state index contributed by atoms with van der Waals surface area (Å²) in [6, 6.07) is 7.28. The fourth-order valence-corrected chi connectivity index (χ4v) is 1.57. The monoisotopic (exact) mass is 219 g/mol. The first-order valence-corrected chi connectivity index (χ1v) is 4.57. The van der Waals surface area contributed by atoms with E-state index in [0.717, 1.165) is 11.1 Å². The molecule has 1 aliphatic rings. The van der Waals surface area contributed by atoms with Crippen LogP contribution in [0.3, 0.4) is 0 Å². The van der Waals surface area contributed by atoms with Gasteiger partial charge in [-0.25, -0.2) is 0 Å². The van der Waals surface area contributed by atoms with Crippen molar-refractivity contribution in [1.82, 2.24) is 11.5 Å². The van der Waals surface area contributed by atoms with Gasteiger partial charge in [-0.05, 0) is 11.1 Å². The fraction of sp³-hybridized carbons (Fsp3) is 0.0909. The minimum atomic E-state index is -0.373. The maximum atomic E-state index is 11.4. The summed E-state index contributed by atoms with van der Waals surface area (Å²) < 4.78 is 0. The summed E-state index contributed by atoms with van der Waals surface area (Å²) in [5, 5.41) is 2.21. The highest BCUT2D eigenvalue weighted by Gasteiger charge is 2.23. The van der Waals surface area contributed by atoms with Crippen molar-refractivity contribution in [2.75, 3.05) is 0 Å². The second-order valence-electron chi connectivity index (χ2n) is 3.24. The molecule has 1 aliphatic heterocycles. The Bertz CT molecular complexity index is 466. The Morgan fingerprint density at radius 1 is 1.19 bits per heavy atom. The zero-order valence-electron chi connectivity index (χ0n) is 8.69. The molecule has 0 aromatic heterocycles.